The zero-order valence-electron chi connectivity index (χ0n) is 12.7. The molecule has 7 nitrogen and oxygen atoms in total. The van der Waals surface area contributed by atoms with Crippen molar-refractivity contribution in [1.29, 1.82) is 0 Å². The molecule has 1 heterocycles. The highest BCUT2D eigenvalue weighted by atomic mass is 32.2. The van der Waals surface area contributed by atoms with Gasteiger partial charge >= 0.3 is 12.1 Å². The number of benzene rings is 1. The molecule has 1 fully saturated rings. The number of hydrogen-bond donors (Lipinski definition) is 2. The molecule has 2 N–H and O–H groups in total. The number of hydrogen-bond acceptors (Lipinski definition) is 6. The number of para-hydroxylation sites is 1. The van der Waals surface area contributed by atoms with E-state index in [4.69, 9.17) is 9.84 Å². The van der Waals surface area contributed by atoms with Gasteiger partial charge in [-0.15, -0.1) is 5.10 Å². The van der Waals surface area contributed by atoms with Gasteiger partial charge < -0.3 is 15.2 Å². The Kier molecular flexibility index (Phi) is 5.67. The van der Waals surface area contributed by atoms with Gasteiger partial charge in [0.2, 0.25) is 5.91 Å². The fraction of sp³-hybridized carbons (Fsp3) is 0.286. The van der Waals surface area contributed by atoms with Gasteiger partial charge in [0.05, 0.1) is 25.3 Å². The Morgan fingerprint density at radius 1 is 1.48 bits per heavy atom. The Balaban J connectivity index is 2.18. The van der Waals surface area contributed by atoms with Gasteiger partial charge in [-0.2, -0.15) is 18.3 Å². The minimum atomic E-state index is -4.58. The first kappa shape index (κ1) is 18.8. The molecule has 0 bridgehead atoms. The second kappa shape index (κ2) is 7.55. The smallest absolute Gasteiger partial charge is 0.419 e. The molecule has 134 valence electrons. The number of alkyl halides is 3. The molecule has 25 heavy (non-hydrogen) atoms. The highest BCUT2D eigenvalue weighted by Gasteiger charge is 2.35. The summed E-state index contributed by atoms with van der Waals surface area (Å²) in [4.78, 5) is 22.2. The fourth-order valence-corrected chi connectivity index (χ4v) is 2.91. The van der Waals surface area contributed by atoms with Gasteiger partial charge in [-0.05, 0) is 12.1 Å². The second-order valence-electron chi connectivity index (χ2n) is 4.77. The average Bonchev–Trinajstić information content (AvgIpc) is 2.85. The summed E-state index contributed by atoms with van der Waals surface area (Å²) >= 11 is 0.883. The molecule has 0 radical (unpaired) electrons. The second-order valence-corrected chi connectivity index (χ2v) is 5.96. The number of aliphatic carboxylic acids is 1. The number of ether oxygens (including phenoxy) is 1. The molecular formula is C14H12F3N3O4S. The van der Waals surface area contributed by atoms with E-state index >= 15 is 0 Å². The summed E-state index contributed by atoms with van der Waals surface area (Å²) in [6.07, 6.45) is -3.90. The van der Waals surface area contributed by atoms with Crippen molar-refractivity contribution >= 4 is 35.0 Å². The molecule has 1 amide bonds. The molecular weight excluding hydrogens is 363 g/mol. The Morgan fingerprint density at radius 2 is 2.20 bits per heavy atom. The highest BCUT2D eigenvalue weighted by molar-refractivity contribution is 8.15. The molecule has 1 aliphatic heterocycles. The van der Waals surface area contributed by atoms with E-state index in [9.17, 15) is 22.8 Å². The molecule has 1 saturated heterocycles. The predicted molar refractivity (Wildman–Crippen MR) is 84.8 cm³/mol. The topological polar surface area (TPSA) is 100 Å². The normalized spacial score (nSPS) is 19.4. The number of rotatable bonds is 5. The summed E-state index contributed by atoms with van der Waals surface area (Å²) in [6, 6.07) is 3.45. The lowest BCUT2D eigenvalue weighted by Gasteiger charge is -2.13. The number of carboxylic acids is 1. The van der Waals surface area contributed by atoms with E-state index in [1.807, 2.05) is 0 Å². The third-order valence-corrected chi connectivity index (χ3v) is 4.11. The van der Waals surface area contributed by atoms with Crippen molar-refractivity contribution in [3.05, 3.63) is 29.3 Å². The molecule has 2 rings (SSSR count). The van der Waals surface area contributed by atoms with Gasteiger partial charge in [0.1, 0.15) is 11.0 Å². The summed E-state index contributed by atoms with van der Waals surface area (Å²) in [5.74, 6) is -2.05. The standard InChI is InChI=1S/C14H12F3N3O4S/c1-24-11-7(3-2-4-8(11)14(15,16)17)6-18-20-13-19-12(23)9(25-13)5-10(21)22/h2-4,6,9H,5H2,1H3,(H,21,22)(H,19,20,23). The van der Waals surface area contributed by atoms with E-state index in [0.717, 1.165) is 31.2 Å². The molecule has 0 aromatic heterocycles. The van der Waals surface area contributed by atoms with Crippen LogP contribution in [0.1, 0.15) is 17.5 Å². The monoisotopic (exact) mass is 375 g/mol. The van der Waals surface area contributed by atoms with E-state index in [0.29, 0.717) is 0 Å². The lowest BCUT2D eigenvalue weighted by atomic mass is 10.1. The van der Waals surface area contributed by atoms with Crippen molar-refractivity contribution in [2.24, 2.45) is 10.2 Å². The van der Waals surface area contributed by atoms with Gasteiger partial charge in [-0.25, -0.2) is 0 Å². The van der Waals surface area contributed by atoms with Crippen molar-refractivity contribution in [2.75, 3.05) is 7.11 Å². The van der Waals surface area contributed by atoms with Crippen molar-refractivity contribution in [3.63, 3.8) is 0 Å². The van der Waals surface area contributed by atoms with Crippen LogP contribution in [0.5, 0.6) is 5.75 Å². The number of carbonyl (C=O) groups excluding carboxylic acids is 1. The maximum Gasteiger partial charge on any atom is 0.419 e. The molecule has 1 aliphatic rings. The molecule has 1 aromatic rings. The van der Waals surface area contributed by atoms with Gasteiger partial charge in [-0.3, -0.25) is 9.59 Å². The van der Waals surface area contributed by atoms with E-state index < -0.39 is 34.6 Å². The quantitative estimate of drug-likeness (QED) is 0.606. The van der Waals surface area contributed by atoms with Crippen LogP contribution in [0.4, 0.5) is 13.2 Å². The number of nitrogens with zero attached hydrogens (tertiary/aromatic N) is 2. The van der Waals surface area contributed by atoms with Crippen LogP contribution < -0.4 is 10.1 Å². The number of methoxy groups -OCH3 is 1. The van der Waals surface area contributed by atoms with Crippen molar-refractivity contribution in [3.8, 4) is 5.75 Å². The number of amidine groups is 1. The van der Waals surface area contributed by atoms with Gasteiger partial charge in [0.25, 0.3) is 0 Å². The van der Waals surface area contributed by atoms with Crippen molar-refractivity contribution < 1.29 is 32.6 Å². The predicted octanol–water partition coefficient (Wildman–Crippen LogP) is 2.11. The Hall–Kier alpha value is -2.56. The first-order valence-electron chi connectivity index (χ1n) is 6.77. The third-order valence-electron chi connectivity index (χ3n) is 3.04. The zero-order chi connectivity index (χ0) is 18.6. The Labute approximate surface area is 144 Å². The zero-order valence-corrected chi connectivity index (χ0v) is 13.5. The van der Waals surface area contributed by atoms with E-state index in [1.54, 1.807) is 0 Å². The Bertz CT molecular complexity index is 749. The van der Waals surface area contributed by atoms with Gasteiger partial charge in [-0.1, -0.05) is 17.8 Å². The molecule has 11 heteroatoms. The van der Waals surface area contributed by atoms with Crippen molar-refractivity contribution in [2.45, 2.75) is 17.8 Å². The SMILES string of the molecule is COc1c(C=NN=C2NC(=O)C(CC(=O)O)S2)cccc1C(F)(F)F. The number of halogens is 3. The van der Waals surface area contributed by atoms with Crippen LogP contribution in [0.15, 0.2) is 28.4 Å². The molecule has 1 unspecified atom stereocenters. The van der Waals surface area contributed by atoms with Crippen LogP contribution in [0.25, 0.3) is 0 Å². The van der Waals surface area contributed by atoms with Crippen LogP contribution in [0.2, 0.25) is 0 Å². The summed E-state index contributed by atoms with van der Waals surface area (Å²) in [6.45, 7) is 0. The molecule has 1 aromatic carbocycles. The minimum Gasteiger partial charge on any atom is -0.495 e. The first-order valence-corrected chi connectivity index (χ1v) is 7.65. The molecule has 0 spiro atoms. The minimum absolute atomic E-state index is 0.0538. The van der Waals surface area contributed by atoms with E-state index in [2.05, 4.69) is 15.5 Å². The largest absolute Gasteiger partial charge is 0.495 e. The number of carboxylic acid groups (broad SMARTS) is 1. The lowest BCUT2D eigenvalue weighted by Crippen LogP contribution is -2.26. The molecule has 1 atom stereocenters. The van der Waals surface area contributed by atoms with Crippen LogP contribution >= 0.6 is 11.8 Å². The van der Waals surface area contributed by atoms with Crippen molar-refractivity contribution in [1.82, 2.24) is 5.32 Å². The molecule has 0 saturated carbocycles. The highest BCUT2D eigenvalue weighted by Crippen LogP contribution is 2.37. The summed E-state index contributed by atoms with van der Waals surface area (Å²) in [7, 11) is 1.11. The third kappa shape index (κ3) is 4.72. The number of nitrogens with one attached hydrogen (secondary N) is 1. The number of amides is 1. The maximum absolute atomic E-state index is 12.9. The summed E-state index contributed by atoms with van der Waals surface area (Å²) < 4.78 is 43.6. The maximum atomic E-state index is 12.9. The number of carbonyl (C=O) groups is 2. The first-order chi connectivity index (χ1) is 11.7. The van der Waals surface area contributed by atoms with Crippen LogP contribution in [0, 0.1) is 0 Å². The van der Waals surface area contributed by atoms with E-state index in [1.165, 1.54) is 12.1 Å². The van der Waals surface area contributed by atoms with Crippen LogP contribution in [-0.2, 0) is 15.8 Å². The Morgan fingerprint density at radius 3 is 2.80 bits per heavy atom. The summed E-state index contributed by atoms with van der Waals surface area (Å²) in [5, 5.41) is 17.6. The number of thioether (sulfide) groups is 1. The van der Waals surface area contributed by atoms with E-state index in [-0.39, 0.29) is 17.2 Å². The molecule has 0 aliphatic carbocycles. The van der Waals surface area contributed by atoms with Crippen LogP contribution in [-0.4, -0.2) is 40.7 Å². The van der Waals surface area contributed by atoms with Gasteiger partial charge in [0.15, 0.2) is 5.17 Å². The van der Waals surface area contributed by atoms with Crippen LogP contribution in [0.3, 0.4) is 0 Å². The van der Waals surface area contributed by atoms with Gasteiger partial charge in [0, 0.05) is 5.56 Å². The average molecular weight is 375 g/mol. The fourth-order valence-electron chi connectivity index (χ4n) is 2.00. The lowest BCUT2D eigenvalue weighted by molar-refractivity contribution is -0.139. The summed E-state index contributed by atoms with van der Waals surface area (Å²) in [5.41, 5.74) is -0.894.